The molecule has 1 aliphatic heterocycles. The molecule has 1 aromatic carbocycles. The molecule has 1 N–H and O–H groups in total. The first-order valence-electron chi connectivity index (χ1n) is 13.0. The van der Waals surface area contributed by atoms with Crippen LogP contribution in [0.25, 0.3) is 22.0 Å². The lowest BCUT2D eigenvalue weighted by Crippen LogP contribution is -2.56. The number of rotatable bonds is 6. The fraction of sp³-hybridized carbons (Fsp3) is 0.286. The Bertz CT molecular complexity index is 1710. The summed E-state index contributed by atoms with van der Waals surface area (Å²) in [7, 11) is 0. The highest BCUT2D eigenvalue weighted by Gasteiger charge is 2.45. The minimum atomic E-state index is -1.67. The highest BCUT2D eigenvalue weighted by atomic mass is 79.9. The number of pyridine rings is 1. The summed E-state index contributed by atoms with van der Waals surface area (Å²) in [5.74, 6) is -1.63. The van der Waals surface area contributed by atoms with Crippen LogP contribution < -0.4 is 10.4 Å². The molecule has 0 aliphatic carbocycles. The smallest absolute Gasteiger partial charge is 0.272 e. The van der Waals surface area contributed by atoms with Gasteiger partial charge in [-0.2, -0.15) is 5.10 Å². The summed E-state index contributed by atoms with van der Waals surface area (Å²) in [5, 5.41) is 5.78. The molecule has 1 aliphatic rings. The molecule has 14 heteroatoms. The van der Waals surface area contributed by atoms with Crippen molar-refractivity contribution < 1.29 is 23.6 Å². The highest BCUT2D eigenvalue weighted by molar-refractivity contribution is 9.10. The van der Waals surface area contributed by atoms with Gasteiger partial charge in [0.25, 0.3) is 5.91 Å². The Morgan fingerprint density at radius 2 is 1.83 bits per heavy atom. The number of aromatic nitrogens is 5. The zero-order valence-electron chi connectivity index (χ0n) is 22.9. The zero-order valence-corrected chi connectivity index (χ0v) is 24.5. The van der Waals surface area contributed by atoms with E-state index < -0.39 is 29.9 Å². The van der Waals surface area contributed by atoms with E-state index in [-0.39, 0.29) is 36.8 Å². The molecular weight excluding hydrogens is 611 g/mol. The van der Waals surface area contributed by atoms with Crippen LogP contribution in [0.4, 0.5) is 10.2 Å². The molecular formula is C28H26BrFN8O4. The molecule has 4 heterocycles. The fourth-order valence-electron chi connectivity index (χ4n) is 4.86. The maximum absolute atomic E-state index is 15.2. The lowest BCUT2D eigenvalue weighted by molar-refractivity contribution is -0.139. The van der Waals surface area contributed by atoms with Crippen molar-refractivity contribution in [2.45, 2.75) is 46.0 Å². The van der Waals surface area contributed by atoms with Crippen LogP contribution in [-0.4, -0.2) is 71.9 Å². The average Bonchev–Trinajstić information content (AvgIpc) is 3.52. The second-order valence-electron chi connectivity index (χ2n) is 9.81. The zero-order chi connectivity index (χ0) is 30.1. The molecule has 2 atom stereocenters. The Morgan fingerprint density at radius 1 is 1.10 bits per heavy atom. The number of anilines is 1. The standard InChI is InChI=1S/C28H26BrFN8O4/c1-15(39)26-20-11-18(19-12-31-16(2)32-13-19)7-8-22(20)37(35-26)14-25(41)36-10-9-21(30)27(36)28(42)38(34-17(3)40)24-6-4-5-23(29)33-24/h4-8,11-13,21,27H,9-10,14H2,1-3H3,(H,34,40). The van der Waals surface area contributed by atoms with E-state index in [2.05, 4.69) is 41.4 Å². The number of likely N-dealkylation sites (tertiary alicyclic amines) is 1. The maximum atomic E-state index is 15.2. The predicted molar refractivity (Wildman–Crippen MR) is 154 cm³/mol. The number of ketones is 1. The fourth-order valence-corrected chi connectivity index (χ4v) is 5.19. The van der Waals surface area contributed by atoms with E-state index in [1.165, 1.54) is 24.6 Å². The highest BCUT2D eigenvalue weighted by Crippen LogP contribution is 2.29. The van der Waals surface area contributed by atoms with Gasteiger partial charge in [-0.25, -0.2) is 24.4 Å². The van der Waals surface area contributed by atoms with E-state index in [1.807, 2.05) is 0 Å². The molecule has 216 valence electrons. The summed E-state index contributed by atoms with van der Waals surface area (Å²) >= 11 is 3.23. The van der Waals surface area contributed by atoms with Gasteiger partial charge in [-0.15, -0.1) is 0 Å². The predicted octanol–water partition coefficient (Wildman–Crippen LogP) is 3.19. The van der Waals surface area contributed by atoms with Gasteiger partial charge in [0.1, 0.15) is 34.9 Å². The van der Waals surface area contributed by atoms with E-state index in [4.69, 9.17) is 0 Å². The molecule has 1 saturated heterocycles. The van der Waals surface area contributed by atoms with Gasteiger partial charge in [0.15, 0.2) is 11.6 Å². The third-order valence-electron chi connectivity index (χ3n) is 6.80. The van der Waals surface area contributed by atoms with Crippen molar-refractivity contribution >= 4 is 56.2 Å². The summed E-state index contributed by atoms with van der Waals surface area (Å²) < 4.78 is 17.0. The van der Waals surface area contributed by atoms with Crippen LogP contribution in [0.3, 0.4) is 0 Å². The number of Topliss-reactive ketones (excluding diaryl/α,β-unsaturated/α-hetero) is 1. The van der Waals surface area contributed by atoms with E-state index >= 15 is 4.39 Å². The number of halogens is 2. The van der Waals surface area contributed by atoms with Gasteiger partial charge in [-0.3, -0.25) is 29.3 Å². The van der Waals surface area contributed by atoms with Crippen molar-refractivity contribution in [2.75, 3.05) is 11.6 Å². The first kappa shape index (κ1) is 28.9. The number of aryl methyl sites for hydroxylation is 1. The number of nitrogens with zero attached hydrogens (tertiary/aromatic N) is 7. The first-order valence-corrected chi connectivity index (χ1v) is 13.8. The quantitative estimate of drug-likeness (QED) is 0.193. The Balaban J connectivity index is 1.45. The molecule has 3 amide bonds. The van der Waals surface area contributed by atoms with Gasteiger partial charge in [-0.1, -0.05) is 12.1 Å². The summed E-state index contributed by atoms with van der Waals surface area (Å²) in [6.07, 6.45) is 1.61. The molecule has 2 unspecified atom stereocenters. The van der Waals surface area contributed by atoms with E-state index in [0.717, 1.165) is 21.0 Å². The second kappa shape index (κ2) is 11.7. The van der Waals surface area contributed by atoms with Crippen molar-refractivity contribution in [3.8, 4) is 11.1 Å². The van der Waals surface area contributed by atoms with Crippen LogP contribution >= 0.6 is 15.9 Å². The SMILES string of the molecule is CC(=O)NN(C(=O)C1C(F)CCN1C(=O)Cn1nc(C(C)=O)c2cc(-c3cnc(C)nc3)ccc21)c1cccc(Br)n1. The topological polar surface area (TPSA) is 143 Å². The molecule has 12 nitrogen and oxygen atoms in total. The van der Waals surface area contributed by atoms with Crippen molar-refractivity contribution in [2.24, 2.45) is 0 Å². The third-order valence-corrected chi connectivity index (χ3v) is 7.24. The minimum Gasteiger partial charge on any atom is -0.326 e. The molecule has 3 aromatic heterocycles. The van der Waals surface area contributed by atoms with Gasteiger partial charge in [0.2, 0.25) is 11.8 Å². The summed E-state index contributed by atoms with van der Waals surface area (Å²) in [6, 6.07) is 8.52. The lowest BCUT2D eigenvalue weighted by Gasteiger charge is -2.30. The number of carbonyl (C=O) groups excluding carboxylic acids is 4. The van der Waals surface area contributed by atoms with Crippen LogP contribution in [-0.2, 0) is 20.9 Å². The number of hydrazine groups is 1. The van der Waals surface area contributed by atoms with E-state index in [0.29, 0.717) is 21.3 Å². The Labute approximate surface area is 248 Å². The monoisotopic (exact) mass is 636 g/mol. The Kier molecular flexibility index (Phi) is 8.07. The number of hydrogen-bond donors (Lipinski definition) is 1. The maximum Gasteiger partial charge on any atom is 0.272 e. The lowest BCUT2D eigenvalue weighted by atomic mass is 10.0. The van der Waals surface area contributed by atoms with Crippen molar-refractivity contribution in [1.82, 2.24) is 35.1 Å². The Hall–Kier alpha value is -4.59. The number of nitrogens with one attached hydrogen (secondary N) is 1. The van der Waals surface area contributed by atoms with Crippen molar-refractivity contribution in [3.05, 3.63) is 64.9 Å². The molecule has 5 rings (SSSR count). The Morgan fingerprint density at radius 3 is 2.50 bits per heavy atom. The van der Waals surface area contributed by atoms with E-state index in [1.54, 1.807) is 49.6 Å². The number of hydrogen-bond acceptors (Lipinski definition) is 8. The van der Waals surface area contributed by atoms with Crippen LogP contribution in [0.2, 0.25) is 0 Å². The third kappa shape index (κ3) is 5.75. The van der Waals surface area contributed by atoms with Crippen LogP contribution in [0, 0.1) is 6.92 Å². The molecule has 0 bridgehead atoms. The van der Waals surface area contributed by atoms with Crippen molar-refractivity contribution in [3.63, 3.8) is 0 Å². The number of fused-ring (bicyclic) bond motifs is 1. The van der Waals surface area contributed by atoms with Crippen LogP contribution in [0.15, 0.2) is 53.4 Å². The van der Waals surface area contributed by atoms with Crippen molar-refractivity contribution in [1.29, 1.82) is 0 Å². The number of amides is 3. The normalized spacial score (nSPS) is 16.5. The summed E-state index contributed by atoms with van der Waals surface area (Å²) in [6.45, 7) is 4.00. The van der Waals surface area contributed by atoms with Gasteiger partial charge < -0.3 is 4.90 Å². The summed E-state index contributed by atoms with van der Waals surface area (Å²) in [4.78, 5) is 65.3. The second-order valence-corrected chi connectivity index (χ2v) is 10.6. The van der Waals surface area contributed by atoms with Crippen LogP contribution in [0.1, 0.15) is 36.6 Å². The molecule has 0 spiro atoms. The molecule has 1 fully saturated rings. The number of carbonyl (C=O) groups is 4. The van der Waals surface area contributed by atoms with Gasteiger partial charge in [0, 0.05) is 43.7 Å². The minimum absolute atomic E-state index is 0.0213. The first-order chi connectivity index (χ1) is 20.0. The largest absolute Gasteiger partial charge is 0.326 e. The van der Waals surface area contributed by atoms with E-state index in [9.17, 15) is 19.2 Å². The number of alkyl halides is 1. The number of benzene rings is 1. The van der Waals surface area contributed by atoms with Gasteiger partial charge in [0.05, 0.1) is 5.52 Å². The summed E-state index contributed by atoms with van der Waals surface area (Å²) in [5.41, 5.74) is 4.58. The molecule has 0 saturated carbocycles. The average molecular weight is 637 g/mol. The molecule has 42 heavy (non-hydrogen) atoms. The molecule has 4 aromatic rings. The van der Waals surface area contributed by atoms with Gasteiger partial charge >= 0.3 is 0 Å². The molecule has 0 radical (unpaired) electrons. The van der Waals surface area contributed by atoms with Gasteiger partial charge in [-0.05, 0) is 59.1 Å². The van der Waals surface area contributed by atoms with Crippen LogP contribution in [0.5, 0.6) is 0 Å².